The normalized spacial score (nSPS) is 30.5. The number of epoxide rings is 1. The van der Waals surface area contributed by atoms with E-state index in [0.717, 1.165) is 12.0 Å². The van der Waals surface area contributed by atoms with Crippen LogP contribution in [0.3, 0.4) is 0 Å². The molecule has 0 aromatic heterocycles. The number of allylic oxidation sites excluding steroid dienone is 2. The standard InChI is InChI=1S/C40H60ClNO10/c1-9-32(49-8)27(4)36-37(52-36)38(42(21-22-43)24-29-13-15-30(41)16-14-29)40(7,48)19-10-11-25(2)35-26(3)12-17-33(50-28(5)44)39(6,47)20-18-31(45)23-34(46)51-35/h10-17,19,26-27,31-33,35-38,43,45,47-48H,9,18,20-24H2,1-8H3/t26-,27+,31+,32-,33-,35+,36+,37-,38?,39+,40?/m0/s1. The van der Waals surface area contributed by atoms with Crippen molar-refractivity contribution in [3.8, 4) is 0 Å². The van der Waals surface area contributed by atoms with E-state index in [-0.39, 0.29) is 56.6 Å². The van der Waals surface area contributed by atoms with E-state index >= 15 is 0 Å². The third-order valence-corrected chi connectivity index (χ3v) is 10.5. The van der Waals surface area contributed by atoms with Crippen LogP contribution in [-0.4, -0.2) is 111 Å². The number of methoxy groups -OCH3 is 1. The highest BCUT2D eigenvalue weighted by Gasteiger charge is 2.56. The molecule has 2 aliphatic heterocycles. The molecule has 0 aliphatic carbocycles. The Morgan fingerprint density at radius 3 is 2.48 bits per heavy atom. The van der Waals surface area contributed by atoms with Gasteiger partial charge in [0.25, 0.3) is 0 Å². The highest BCUT2D eigenvalue weighted by atomic mass is 35.5. The van der Waals surface area contributed by atoms with Gasteiger partial charge in [-0.1, -0.05) is 68.8 Å². The fourth-order valence-electron chi connectivity index (χ4n) is 7.17. The van der Waals surface area contributed by atoms with Gasteiger partial charge in [0, 0.05) is 44.0 Å². The summed E-state index contributed by atoms with van der Waals surface area (Å²) in [6, 6.07) is 6.89. The molecule has 52 heavy (non-hydrogen) atoms. The van der Waals surface area contributed by atoms with Gasteiger partial charge < -0.3 is 39.4 Å². The second kappa shape index (κ2) is 19.6. The van der Waals surface area contributed by atoms with Crippen LogP contribution in [0.2, 0.25) is 5.02 Å². The van der Waals surface area contributed by atoms with Crippen LogP contribution in [0.1, 0.15) is 79.7 Å². The monoisotopic (exact) mass is 749 g/mol. The van der Waals surface area contributed by atoms with Gasteiger partial charge in [-0.15, -0.1) is 0 Å². The van der Waals surface area contributed by atoms with Crippen LogP contribution in [0.15, 0.2) is 60.2 Å². The lowest BCUT2D eigenvalue weighted by Gasteiger charge is -2.39. The molecule has 2 aliphatic rings. The van der Waals surface area contributed by atoms with Crippen LogP contribution in [0.5, 0.6) is 0 Å². The maximum Gasteiger partial charge on any atom is 0.309 e. The summed E-state index contributed by atoms with van der Waals surface area (Å²) in [5, 5.41) is 44.6. The van der Waals surface area contributed by atoms with E-state index in [1.807, 2.05) is 36.1 Å². The summed E-state index contributed by atoms with van der Waals surface area (Å²) in [7, 11) is 1.69. The summed E-state index contributed by atoms with van der Waals surface area (Å²) in [6.07, 6.45) is 5.88. The topological polar surface area (TPSA) is 159 Å². The Labute approximate surface area is 314 Å². The Balaban J connectivity index is 1.96. The second-order valence-corrected chi connectivity index (χ2v) is 15.2. The fraction of sp³-hybridized carbons (Fsp3) is 0.650. The van der Waals surface area contributed by atoms with E-state index < -0.39 is 53.4 Å². The van der Waals surface area contributed by atoms with Crippen molar-refractivity contribution in [3.05, 3.63) is 70.8 Å². The van der Waals surface area contributed by atoms with Crippen LogP contribution in [0.4, 0.5) is 0 Å². The van der Waals surface area contributed by atoms with E-state index in [0.29, 0.717) is 17.1 Å². The van der Waals surface area contributed by atoms with E-state index in [4.69, 9.17) is 30.5 Å². The molecule has 11 atom stereocenters. The molecule has 2 heterocycles. The molecular formula is C40H60ClNO10. The van der Waals surface area contributed by atoms with Crippen molar-refractivity contribution in [1.29, 1.82) is 0 Å². The summed E-state index contributed by atoms with van der Waals surface area (Å²) in [6.45, 7) is 12.9. The van der Waals surface area contributed by atoms with E-state index in [1.165, 1.54) is 13.8 Å². The number of esters is 2. The number of nitrogens with zero attached hydrogens (tertiary/aromatic N) is 1. The molecule has 3 rings (SSSR count). The maximum absolute atomic E-state index is 12.9. The number of benzene rings is 1. The third kappa shape index (κ3) is 12.5. The van der Waals surface area contributed by atoms with Crippen LogP contribution in [0.25, 0.3) is 0 Å². The summed E-state index contributed by atoms with van der Waals surface area (Å²) in [4.78, 5) is 26.8. The van der Waals surface area contributed by atoms with Gasteiger partial charge in [-0.2, -0.15) is 0 Å². The summed E-state index contributed by atoms with van der Waals surface area (Å²) in [5.41, 5.74) is -1.31. The fourth-order valence-corrected chi connectivity index (χ4v) is 7.30. The molecule has 11 nitrogen and oxygen atoms in total. The molecule has 0 bridgehead atoms. The number of aliphatic hydroxyl groups is 4. The first-order valence-corrected chi connectivity index (χ1v) is 18.6. The van der Waals surface area contributed by atoms with E-state index in [2.05, 4.69) is 13.8 Å². The Hall–Kier alpha value is -2.61. The third-order valence-electron chi connectivity index (χ3n) is 10.2. The SMILES string of the molecule is CC[C@H](OC)[C@@H](C)[C@H]1O[C@@H]1C(N(CCO)Cc1ccc(Cl)cc1)C(C)(O)C=CC=C(C)[C@H]1OC(=O)C[C@H](O)CC[C@@](C)(O)[C@@H](OC(C)=O)C=C[C@@H]1C. The van der Waals surface area contributed by atoms with Crippen molar-refractivity contribution < 1.29 is 49.0 Å². The van der Waals surface area contributed by atoms with Crippen molar-refractivity contribution in [1.82, 2.24) is 4.90 Å². The molecule has 0 saturated carbocycles. The quantitative estimate of drug-likeness (QED) is 0.0836. The maximum atomic E-state index is 12.9. The number of rotatable bonds is 15. The molecule has 0 amide bonds. The zero-order valence-electron chi connectivity index (χ0n) is 31.9. The number of carbonyl (C=O) groups excluding carboxylic acids is 2. The molecule has 2 unspecified atom stereocenters. The van der Waals surface area contributed by atoms with E-state index in [1.54, 1.807) is 51.3 Å². The first-order valence-electron chi connectivity index (χ1n) is 18.2. The molecule has 0 radical (unpaired) electrons. The molecule has 0 spiro atoms. The Kier molecular flexibility index (Phi) is 16.5. The van der Waals surface area contributed by atoms with E-state index in [9.17, 15) is 30.0 Å². The van der Waals surface area contributed by atoms with Gasteiger partial charge in [0.2, 0.25) is 0 Å². The minimum Gasteiger partial charge on any atom is -0.457 e. The molecule has 1 aromatic carbocycles. The summed E-state index contributed by atoms with van der Waals surface area (Å²) in [5.74, 6) is -1.51. The van der Waals surface area contributed by atoms with Gasteiger partial charge in [0.1, 0.15) is 23.9 Å². The number of aliphatic hydroxyl groups excluding tert-OH is 2. The van der Waals surface area contributed by atoms with Gasteiger partial charge in [-0.05, 0) is 69.4 Å². The van der Waals surface area contributed by atoms with Crippen LogP contribution in [0, 0.1) is 11.8 Å². The number of halogens is 1. The average Bonchev–Trinajstić information content (AvgIpc) is 3.85. The van der Waals surface area contributed by atoms with Gasteiger partial charge in [0.05, 0.1) is 43.0 Å². The summed E-state index contributed by atoms with van der Waals surface area (Å²) < 4.78 is 23.3. The Bertz CT molecular complexity index is 1390. The van der Waals surface area contributed by atoms with Gasteiger partial charge >= 0.3 is 11.9 Å². The molecule has 1 aromatic rings. The average molecular weight is 750 g/mol. The van der Waals surface area contributed by atoms with Crippen molar-refractivity contribution >= 4 is 23.5 Å². The number of carbonyl (C=O) groups is 2. The van der Waals surface area contributed by atoms with Crippen LogP contribution >= 0.6 is 11.6 Å². The van der Waals surface area contributed by atoms with Crippen LogP contribution in [-0.2, 0) is 35.1 Å². The van der Waals surface area contributed by atoms with Crippen molar-refractivity contribution in [2.24, 2.45) is 11.8 Å². The first-order chi connectivity index (χ1) is 24.4. The van der Waals surface area contributed by atoms with Crippen molar-refractivity contribution in [2.45, 2.75) is 135 Å². The lowest BCUT2D eigenvalue weighted by molar-refractivity contribution is -0.157. The Morgan fingerprint density at radius 1 is 1.21 bits per heavy atom. The molecule has 4 N–H and O–H groups in total. The van der Waals surface area contributed by atoms with Crippen molar-refractivity contribution in [2.75, 3.05) is 20.3 Å². The predicted molar refractivity (Wildman–Crippen MR) is 199 cm³/mol. The smallest absolute Gasteiger partial charge is 0.309 e. The lowest BCUT2D eigenvalue weighted by Crippen LogP contribution is -2.54. The number of ether oxygens (including phenoxy) is 4. The summed E-state index contributed by atoms with van der Waals surface area (Å²) >= 11 is 6.15. The minimum atomic E-state index is -1.47. The second-order valence-electron chi connectivity index (χ2n) is 14.8. The number of hydrogen-bond donors (Lipinski definition) is 4. The number of hydrogen-bond acceptors (Lipinski definition) is 11. The van der Waals surface area contributed by atoms with Gasteiger partial charge in [-0.25, -0.2) is 0 Å². The zero-order valence-corrected chi connectivity index (χ0v) is 32.7. The van der Waals surface area contributed by atoms with Gasteiger partial charge in [0.15, 0.2) is 0 Å². The highest BCUT2D eigenvalue weighted by molar-refractivity contribution is 6.30. The van der Waals surface area contributed by atoms with Crippen molar-refractivity contribution in [3.63, 3.8) is 0 Å². The molecule has 12 heteroatoms. The molecule has 1 saturated heterocycles. The first kappa shape index (κ1) is 43.8. The molecule has 1 fully saturated rings. The van der Waals surface area contributed by atoms with Crippen LogP contribution < -0.4 is 0 Å². The largest absolute Gasteiger partial charge is 0.457 e. The van der Waals surface area contributed by atoms with Gasteiger partial charge in [-0.3, -0.25) is 14.5 Å². The lowest BCUT2D eigenvalue weighted by atomic mass is 9.86. The molecule has 292 valence electrons. The minimum absolute atomic E-state index is 0.0227. The predicted octanol–water partition coefficient (Wildman–Crippen LogP) is 4.92. The Morgan fingerprint density at radius 2 is 1.88 bits per heavy atom. The number of cyclic esters (lactones) is 1. The zero-order chi connectivity index (χ0) is 38.8. The molecular weight excluding hydrogens is 690 g/mol. The highest BCUT2D eigenvalue weighted by Crippen LogP contribution is 2.41.